The lowest BCUT2D eigenvalue weighted by Gasteiger charge is -2.10. The van der Waals surface area contributed by atoms with Crippen molar-refractivity contribution in [3.05, 3.63) is 128 Å². The van der Waals surface area contributed by atoms with Crippen molar-refractivity contribution < 1.29 is 26.3 Å². The Hall–Kier alpha value is -5.93. The third kappa shape index (κ3) is 4.17. The van der Waals surface area contributed by atoms with Crippen molar-refractivity contribution >= 4 is 22.5 Å². The number of allylic oxidation sites excluding steroid dienone is 1. The smallest absolute Gasteiger partial charge is 0.194 e. The number of nitrogens with one attached hydrogen (secondary N) is 1. The van der Waals surface area contributed by atoms with Crippen LogP contribution in [0.4, 0.5) is 26.3 Å². The van der Waals surface area contributed by atoms with Crippen LogP contribution in [0.5, 0.6) is 0 Å². The summed E-state index contributed by atoms with van der Waals surface area (Å²) in [6.45, 7) is 0.560. The molecule has 1 saturated heterocycles. The normalized spacial score (nSPS) is 15.9. The summed E-state index contributed by atoms with van der Waals surface area (Å²) in [6.07, 6.45) is 0. The van der Waals surface area contributed by atoms with Crippen LogP contribution >= 0.6 is 11.3 Å². The van der Waals surface area contributed by atoms with Crippen molar-refractivity contribution in [2.75, 3.05) is 6.54 Å². The zero-order chi connectivity index (χ0) is 33.6. The summed E-state index contributed by atoms with van der Waals surface area (Å²) < 4.78 is 84.2. The van der Waals surface area contributed by atoms with E-state index in [0.29, 0.717) is 72.0 Å². The van der Waals surface area contributed by atoms with Crippen LogP contribution in [0.15, 0.2) is 71.8 Å². The molecule has 5 aromatic rings. The first-order valence-corrected chi connectivity index (χ1v) is 15.2. The van der Waals surface area contributed by atoms with Crippen LogP contribution in [0.2, 0.25) is 0 Å². The maximum Gasteiger partial charge on any atom is 0.194 e. The Morgan fingerprint density at radius 1 is 0.583 bits per heavy atom. The van der Waals surface area contributed by atoms with Crippen molar-refractivity contribution in [1.82, 2.24) is 5.32 Å². The second kappa shape index (κ2) is 10.5. The third-order valence-corrected chi connectivity index (χ3v) is 9.96. The van der Waals surface area contributed by atoms with Crippen LogP contribution < -0.4 is 5.32 Å². The van der Waals surface area contributed by atoms with E-state index in [1.165, 1.54) is 11.3 Å². The van der Waals surface area contributed by atoms with Gasteiger partial charge in [-0.2, -0.15) is 15.8 Å². The van der Waals surface area contributed by atoms with E-state index in [4.69, 9.17) is 0 Å². The highest BCUT2D eigenvalue weighted by Gasteiger charge is 2.41. The zero-order valence-electron chi connectivity index (χ0n) is 24.1. The molecule has 11 heteroatoms. The van der Waals surface area contributed by atoms with E-state index in [1.54, 1.807) is 36.4 Å². The fraction of sp³-hybridized carbons (Fsp3) is 0.0541. The molecule has 0 spiro atoms. The van der Waals surface area contributed by atoms with Gasteiger partial charge in [0, 0.05) is 38.6 Å². The molecule has 0 radical (unpaired) electrons. The highest BCUT2D eigenvalue weighted by Crippen LogP contribution is 2.62. The molecule has 0 saturated carbocycles. The molecular formula is C37H14F6N4S. The summed E-state index contributed by atoms with van der Waals surface area (Å²) in [5.41, 5.74) is 5.76. The molecule has 1 N–H and O–H groups in total. The molecule has 2 heterocycles. The molecule has 2 aliphatic carbocycles. The Bertz CT molecular complexity index is 2460. The first-order valence-electron chi connectivity index (χ1n) is 14.3. The van der Waals surface area contributed by atoms with E-state index in [-0.39, 0.29) is 22.7 Å². The molecule has 0 bridgehead atoms. The SMILES string of the molecule is N#CC(C#N)=C1c2cc(-c3cc(F)c(F)c(F)c3)ccc2-c2c1sc1c2-c2ccc(-c3cc(F)c(F)c(F)c3)cc2/C1=C(\C#N)C1CN1. The van der Waals surface area contributed by atoms with E-state index in [9.17, 15) is 42.1 Å². The number of thiophene rings is 1. The van der Waals surface area contributed by atoms with Crippen LogP contribution in [0.1, 0.15) is 20.9 Å². The first-order chi connectivity index (χ1) is 23.1. The lowest BCUT2D eigenvalue weighted by Crippen LogP contribution is -1.99. The van der Waals surface area contributed by atoms with Crippen LogP contribution in [-0.4, -0.2) is 12.6 Å². The van der Waals surface area contributed by atoms with E-state index in [0.717, 1.165) is 29.8 Å². The maximum absolute atomic E-state index is 14.2. The van der Waals surface area contributed by atoms with Gasteiger partial charge in [0.15, 0.2) is 34.9 Å². The summed E-state index contributed by atoms with van der Waals surface area (Å²) in [5.74, 6) is -8.61. The number of fused-ring (bicyclic) bond motifs is 7. The Morgan fingerprint density at radius 3 is 1.44 bits per heavy atom. The summed E-state index contributed by atoms with van der Waals surface area (Å²) in [4.78, 5) is 1.27. The molecule has 3 aliphatic rings. The van der Waals surface area contributed by atoms with E-state index < -0.39 is 34.9 Å². The molecule has 0 amide bonds. The van der Waals surface area contributed by atoms with Gasteiger partial charge in [0.2, 0.25) is 0 Å². The van der Waals surface area contributed by atoms with Gasteiger partial charge in [-0.15, -0.1) is 11.3 Å². The van der Waals surface area contributed by atoms with Crippen molar-refractivity contribution in [3.63, 3.8) is 0 Å². The molecule has 1 aliphatic heterocycles. The van der Waals surface area contributed by atoms with Crippen LogP contribution in [-0.2, 0) is 0 Å². The molecule has 1 atom stereocenters. The summed E-state index contributed by atoms with van der Waals surface area (Å²) >= 11 is 1.27. The van der Waals surface area contributed by atoms with Crippen molar-refractivity contribution in [3.8, 4) is 62.7 Å². The van der Waals surface area contributed by atoms with Gasteiger partial charge in [0.1, 0.15) is 17.7 Å². The van der Waals surface area contributed by atoms with E-state index >= 15 is 0 Å². The Morgan fingerprint density at radius 2 is 1.02 bits per heavy atom. The average molecular weight is 661 g/mol. The molecule has 1 fully saturated rings. The number of nitrogens with zero attached hydrogens (tertiary/aromatic N) is 3. The number of rotatable bonds is 3. The average Bonchev–Trinajstić information content (AvgIpc) is 3.70. The van der Waals surface area contributed by atoms with Gasteiger partial charge in [0.05, 0.1) is 17.7 Å². The third-order valence-electron chi connectivity index (χ3n) is 8.73. The van der Waals surface area contributed by atoms with Gasteiger partial charge >= 0.3 is 0 Å². The molecule has 4 aromatic carbocycles. The summed E-state index contributed by atoms with van der Waals surface area (Å²) in [5, 5.41) is 33.4. The lowest BCUT2D eigenvalue weighted by atomic mass is 9.93. The van der Waals surface area contributed by atoms with Crippen molar-refractivity contribution in [2.45, 2.75) is 6.04 Å². The van der Waals surface area contributed by atoms with Crippen molar-refractivity contribution in [2.24, 2.45) is 0 Å². The minimum atomic E-state index is -1.60. The topological polar surface area (TPSA) is 93.3 Å². The predicted molar refractivity (Wildman–Crippen MR) is 166 cm³/mol. The second-order valence-electron chi connectivity index (χ2n) is 11.4. The Kier molecular flexibility index (Phi) is 6.48. The fourth-order valence-corrected chi connectivity index (χ4v) is 7.98. The number of nitriles is 3. The Balaban J connectivity index is 1.39. The molecule has 1 aromatic heterocycles. The largest absolute Gasteiger partial charge is 0.306 e. The van der Waals surface area contributed by atoms with Gasteiger partial charge in [-0.1, -0.05) is 24.3 Å². The maximum atomic E-state index is 14.2. The molecular weight excluding hydrogens is 646 g/mol. The number of hydrogen-bond acceptors (Lipinski definition) is 5. The predicted octanol–water partition coefficient (Wildman–Crippen LogP) is 9.02. The first kappa shape index (κ1) is 29.5. The van der Waals surface area contributed by atoms with Gasteiger partial charge in [-0.05, 0) is 80.9 Å². The van der Waals surface area contributed by atoms with Crippen LogP contribution in [0, 0.1) is 68.9 Å². The van der Waals surface area contributed by atoms with Gasteiger partial charge in [0.25, 0.3) is 0 Å². The molecule has 48 heavy (non-hydrogen) atoms. The number of halogens is 6. The van der Waals surface area contributed by atoms with Crippen LogP contribution in [0.25, 0.3) is 55.7 Å². The molecule has 4 nitrogen and oxygen atoms in total. The summed E-state index contributed by atoms with van der Waals surface area (Å²) in [6, 6.07) is 19.4. The van der Waals surface area contributed by atoms with E-state index in [1.807, 2.05) is 12.1 Å². The zero-order valence-corrected chi connectivity index (χ0v) is 24.9. The molecule has 230 valence electrons. The van der Waals surface area contributed by atoms with E-state index in [2.05, 4.69) is 11.4 Å². The summed E-state index contributed by atoms with van der Waals surface area (Å²) in [7, 11) is 0. The standard InChI is InChI=1S/C37H14F6N4S/c38-25-7-17(8-26(39)34(25)42)15-1-3-20-22(5-15)30(19(11-44)12-45)36-32(20)33-21-4-2-16(18-9-27(40)35(43)28(41)10-18)6-23(21)31(37(33)48-36)24(13-46)29-14-47-29/h1-10,29,47H,14H2/b31-24-. The molecule has 1 unspecified atom stereocenters. The van der Waals surface area contributed by atoms with Gasteiger partial charge in [-0.3, -0.25) is 0 Å². The lowest BCUT2D eigenvalue weighted by molar-refractivity contribution is 0.447. The van der Waals surface area contributed by atoms with Gasteiger partial charge in [-0.25, -0.2) is 26.3 Å². The quantitative estimate of drug-likeness (QED) is 0.0886. The fourth-order valence-electron chi connectivity index (χ4n) is 6.51. The monoisotopic (exact) mass is 660 g/mol. The minimum absolute atomic E-state index is 0.0526. The van der Waals surface area contributed by atoms with Crippen LogP contribution in [0.3, 0.4) is 0 Å². The van der Waals surface area contributed by atoms with Crippen molar-refractivity contribution in [1.29, 1.82) is 15.8 Å². The molecule has 8 rings (SSSR count). The second-order valence-corrected chi connectivity index (χ2v) is 12.4. The highest BCUT2D eigenvalue weighted by molar-refractivity contribution is 7.16. The number of benzene rings is 4. The number of hydrogen-bond donors (Lipinski definition) is 1. The van der Waals surface area contributed by atoms with Gasteiger partial charge < -0.3 is 5.32 Å². The highest BCUT2D eigenvalue weighted by atomic mass is 32.1. The minimum Gasteiger partial charge on any atom is -0.306 e. The Labute approximate surface area is 272 Å².